The highest BCUT2D eigenvalue weighted by molar-refractivity contribution is 7.98. The van der Waals surface area contributed by atoms with Gasteiger partial charge in [0.15, 0.2) is 5.16 Å². The molecule has 152 valence electrons. The van der Waals surface area contributed by atoms with Crippen LogP contribution < -0.4 is 11.2 Å². The zero-order valence-corrected chi connectivity index (χ0v) is 16.9. The number of aromatic amines is 2. The van der Waals surface area contributed by atoms with Gasteiger partial charge in [0.2, 0.25) is 0 Å². The summed E-state index contributed by atoms with van der Waals surface area (Å²) >= 11 is 1.50. The topological polar surface area (TPSA) is 96.4 Å². The second kappa shape index (κ2) is 8.50. The van der Waals surface area contributed by atoms with Gasteiger partial charge >= 0.3 is 5.69 Å². The fourth-order valence-electron chi connectivity index (χ4n) is 3.09. The predicted molar refractivity (Wildman–Crippen MR) is 113 cm³/mol. The first-order valence-electron chi connectivity index (χ1n) is 9.19. The van der Waals surface area contributed by atoms with E-state index in [1.54, 1.807) is 16.7 Å². The molecule has 4 aromatic rings. The predicted octanol–water partition coefficient (Wildman–Crippen LogP) is 2.97. The second-order valence-electron chi connectivity index (χ2n) is 6.78. The third kappa shape index (κ3) is 4.57. The number of aryl methyl sites for hydroxylation is 1. The summed E-state index contributed by atoms with van der Waals surface area (Å²) in [6.07, 6.45) is 0.189. The Bertz CT molecular complexity index is 1270. The van der Waals surface area contributed by atoms with Crippen LogP contribution in [0.1, 0.15) is 22.6 Å². The van der Waals surface area contributed by atoms with Gasteiger partial charge in [-0.3, -0.25) is 14.3 Å². The Kier molecular flexibility index (Phi) is 5.62. The Balaban J connectivity index is 1.70. The molecule has 2 heterocycles. The Morgan fingerprint density at radius 2 is 1.83 bits per heavy atom. The van der Waals surface area contributed by atoms with E-state index in [4.69, 9.17) is 0 Å². The molecule has 30 heavy (non-hydrogen) atoms. The van der Waals surface area contributed by atoms with Crippen LogP contribution in [0.4, 0.5) is 4.39 Å². The van der Waals surface area contributed by atoms with Crippen molar-refractivity contribution in [3.05, 3.63) is 104 Å². The van der Waals surface area contributed by atoms with E-state index in [1.165, 1.54) is 35.5 Å². The molecule has 0 aliphatic carbocycles. The van der Waals surface area contributed by atoms with Gasteiger partial charge in [-0.2, -0.15) is 0 Å². The van der Waals surface area contributed by atoms with Crippen LogP contribution in [0, 0.1) is 12.7 Å². The summed E-state index contributed by atoms with van der Waals surface area (Å²) in [5.41, 5.74) is 2.35. The quantitative estimate of drug-likeness (QED) is 0.465. The third-order valence-corrected chi connectivity index (χ3v) is 5.40. The molecule has 2 aromatic heterocycles. The average molecular weight is 423 g/mol. The highest BCUT2D eigenvalue weighted by Crippen LogP contribution is 2.26. The zero-order valence-electron chi connectivity index (χ0n) is 16.1. The van der Waals surface area contributed by atoms with Gasteiger partial charge in [-0.05, 0) is 36.8 Å². The first-order valence-corrected chi connectivity index (χ1v) is 10.2. The van der Waals surface area contributed by atoms with Crippen molar-refractivity contribution in [2.45, 2.75) is 24.3 Å². The molecular weight excluding hydrogens is 405 g/mol. The van der Waals surface area contributed by atoms with Gasteiger partial charge in [0, 0.05) is 29.6 Å². The normalized spacial score (nSPS) is 11.0. The van der Waals surface area contributed by atoms with Gasteiger partial charge in [0.05, 0.1) is 0 Å². The van der Waals surface area contributed by atoms with Crippen molar-refractivity contribution in [3.8, 4) is 5.69 Å². The van der Waals surface area contributed by atoms with E-state index < -0.39 is 11.2 Å². The minimum Gasteiger partial charge on any atom is -0.311 e. The average Bonchev–Trinajstić information content (AvgIpc) is 3.09. The maximum Gasteiger partial charge on any atom is 0.325 e. The van der Waals surface area contributed by atoms with Crippen LogP contribution in [0.5, 0.6) is 0 Å². The van der Waals surface area contributed by atoms with Gasteiger partial charge < -0.3 is 4.98 Å². The molecule has 0 unspecified atom stereocenters. The van der Waals surface area contributed by atoms with Gasteiger partial charge in [0.1, 0.15) is 11.6 Å². The largest absolute Gasteiger partial charge is 0.325 e. The smallest absolute Gasteiger partial charge is 0.311 e. The zero-order chi connectivity index (χ0) is 21.1. The van der Waals surface area contributed by atoms with Crippen LogP contribution in [0.3, 0.4) is 0 Å². The lowest BCUT2D eigenvalue weighted by Crippen LogP contribution is -2.23. The van der Waals surface area contributed by atoms with Crippen LogP contribution in [-0.2, 0) is 12.2 Å². The molecule has 0 saturated heterocycles. The Hall–Kier alpha value is -3.46. The number of hydrogen-bond acceptors (Lipinski definition) is 5. The standard InChI is InChI=1S/C21H18FN5O2S/c1-13-3-2-4-14(9-13)12-30-21-26-25-18(10-16-11-19(28)24-20(29)23-16)27(21)17-7-5-15(22)6-8-17/h2-9,11H,10,12H2,1H3,(H2,23,24,28,29). The van der Waals surface area contributed by atoms with E-state index >= 15 is 0 Å². The van der Waals surface area contributed by atoms with Crippen molar-refractivity contribution >= 4 is 11.8 Å². The van der Waals surface area contributed by atoms with Gasteiger partial charge in [-0.1, -0.05) is 41.6 Å². The number of hydrogen-bond donors (Lipinski definition) is 2. The minimum absolute atomic E-state index is 0.189. The molecule has 0 amide bonds. The molecule has 0 radical (unpaired) electrons. The van der Waals surface area contributed by atoms with E-state index in [0.717, 1.165) is 5.56 Å². The highest BCUT2D eigenvalue weighted by Gasteiger charge is 2.16. The lowest BCUT2D eigenvalue weighted by atomic mass is 10.2. The van der Waals surface area contributed by atoms with Crippen molar-refractivity contribution in [2.75, 3.05) is 0 Å². The molecule has 2 aromatic carbocycles. The number of thioether (sulfide) groups is 1. The lowest BCUT2D eigenvalue weighted by Gasteiger charge is -2.10. The maximum absolute atomic E-state index is 13.4. The summed E-state index contributed by atoms with van der Waals surface area (Å²) in [5, 5.41) is 9.19. The number of nitrogens with zero attached hydrogens (tertiary/aromatic N) is 3. The molecule has 0 bridgehead atoms. The van der Waals surface area contributed by atoms with Gasteiger partial charge in [-0.25, -0.2) is 9.18 Å². The number of H-pyrrole nitrogens is 2. The summed E-state index contributed by atoms with van der Waals surface area (Å²) in [7, 11) is 0. The number of halogens is 1. The first kappa shape index (κ1) is 19.8. The van der Waals surface area contributed by atoms with Crippen LogP contribution in [0.2, 0.25) is 0 Å². The lowest BCUT2D eigenvalue weighted by molar-refractivity contribution is 0.627. The fraction of sp³-hybridized carbons (Fsp3) is 0.143. The molecule has 7 nitrogen and oxygen atoms in total. The van der Waals surface area contributed by atoms with Crippen LogP contribution >= 0.6 is 11.8 Å². The van der Waals surface area contributed by atoms with Crippen LogP contribution in [0.15, 0.2) is 69.3 Å². The van der Waals surface area contributed by atoms with E-state index in [9.17, 15) is 14.0 Å². The number of aromatic nitrogens is 5. The second-order valence-corrected chi connectivity index (χ2v) is 7.72. The SMILES string of the molecule is Cc1cccc(CSc2nnc(Cc3cc(=O)[nH]c(=O)[nH]3)n2-c2ccc(F)cc2)c1. The molecule has 0 aliphatic rings. The fourth-order valence-corrected chi connectivity index (χ4v) is 4.01. The summed E-state index contributed by atoms with van der Waals surface area (Å²) < 4.78 is 15.3. The summed E-state index contributed by atoms with van der Waals surface area (Å²) in [6.45, 7) is 2.04. The van der Waals surface area contributed by atoms with Crippen molar-refractivity contribution < 1.29 is 4.39 Å². The van der Waals surface area contributed by atoms with Gasteiger partial charge in [0.25, 0.3) is 5.56 Å². The summed E-state index contributed by atoms with van der Waals surface area (Å²) in [6, 6.07) is 15.5. The van der Waals surface area contributed by atoms with Gasteiger partial charge in [-0.15, -0.1) is 10.2 Å². The molecule has 0 saturated carbocycles. The Morgan fingerprint density at radius 3 is 2.57 bits per heavy atom. The molecule has 0 atom stereocenters. The maximum atomic E-state index is 13.4. The first-order chi connectivity index (χ1) is 14.5. The van der Waals surface area contributed by atoms with E-state index in [2.05, 4.69) is 26.2 Å². The number of rotatable bonds is 6. The van der Waals surface area contributed by atoms with Crippen LogP contribution in [-0.4, -0.2) is 24.7 Å². The molecular formula is C21H18FN5O2S. The number of benzene rings is 2. The van der Waals surface area contributed by atoms with Crippen molar-refractivity contribution in [2.24, 2.45) is 0 Å². The molecule has 9 heteroatoms. The molecule has 0 spiro atoms. The van der Waals surface area contributed by atoms with Crippen LogP contribution in [0.25, 0.3) is 5.69 Å². The van der Waals surface area contributed by atoms with Crippen molar-refractivity contribution in [1.82, 2.24) is 24.7 Å². The summed E-state index contributed by atoms with van der Waals surface area (Å²) in [4.78, 5) is 27.9. The molecule has 0 fully saturated rings. The Morgan fingerprint density at radius 1 is 1.03 bits per heavy atom. The molecule has 0 aliphatic heterocycles. The molecule has 2 N–H and O–H groups in total. The number of nitrogens with one attached hydrogen (secondary N) is 2. The Labute approximate surface area is 175 Å². The van der Waals surface area contributed by atoms with E-state index in [0.29, 0.717) is 28.1 Å². The third-order valence-electron chi connectivity index (χ3n) is 4.40. The van der Waals surface area contributed by atoms with E-state index in [1.807, 2.05) is 25.1 Å². The molecule has 4 rings (SSSR count). The summed E-state index contributed by atoms with van der Waals surface area (Å²) in [5.74, 6) is 0.860. The highest BCUT2D eigenvalue weighted by atomic mass is 32.2. The minimum atomic E-state index is -0.584. The monoisotopic (exact) mass is 423 g/mol. The van der Waals surface area contributed by atoms with Crippen molar-refractivity contribution in [3.63, 3.8) is 0 Å². The van der Waals surface area contributed by atoms with Crippen molar-refractivity contribution in [1.29, 1.82) is 0 Å². The van der Waals surface area contributed by atoms with E-state index in [-0.39, 0.29) is 12.2 Å².